The van der Waals surface area contributed by atoms with Gasteiger partial charge in [-0.1, -0.05) is 26.8 Å². The molecule has 1 heterocycles. The molecule has 0 aliphatic rings. The Morgan fingerprint density at radius 3 is 2.47 bits per heavy atom. The van der Waals surface area contributed by atoms with E-state index in [1.165, 1.54) is 24.3 Å². The Morgan fingerprint density at radius 2 is 1.84 bits per heavy atom. The number of hydrogen-bond donors (Lipinski definition) is 3. The van der Waals surface area contributed by atoms with E-state index in [4.69, 9.17) is 24.7 Å². The number of unbranched alkanes of at least 4 members (excludes halogenated alkanes) is 1. The van der Waals surface area contributed by atoms with Gasteiger partial charge in [0, 0.05) is 30.3 Å². The monoisotopic (exact) mass is 611 g/mol. The van der Waals surface area contributed by atoms with E-state index in [9.17, 15) is 27.2 Å². The van der Waals surface area contributed by atoms with Gasteiger partial charge in [-0.3, -0.25) is 4.79 Å². The number of aliphatic hydroxyl groups excluding tert-OH is 1. The molecule has 0 aliphatic carbocycles. The topological polar surface area (TPSA) is 146 Å². The number of nitrogens with zero attached hydrogens (tertiary/aromatic N) is 1. The van der Waals surface area contributed by atoms with Gasteiger partial charge in [-0.05, 0) is 48.9 Å². The fourth-order valence-electron chi connectivity index (χ4n) is 3.99. The lowest BCUT2D eigenvalue weighted by Crippen LogP contribution is -2.27. The molecule has 2 aromatic carbocycles. The summed E-state index contributed by atoms with van der Waals surface area (Å²) in [5, 5.41) is 11.5. The van der Waals surface area contributed by atoms with Gasteiger partial charge in [-0.25, -0.2) is 18.6 Å². The van der Waals surface area contributed by atoms with E-state index in [0.717, 1.165) is 6.07 Å². The van der Waals surface area contributed by atoms with Crippen molar-refractivity contribution >= 4 is 12.0 Å². The van der Waals surface area contributed by atoms with Gasteiger partial charge in [-0.2, -0.15) is 8.78 Å². The van der Waals surface area contributed by atoms with Gasteiger partial charge in [0.1, 0.15) is 11.6 Å². The zero-order chi connectivity index (χ0) is 31.7. The van der Waals surface area contributed by atoms with Crippen LogP contribution in [0.25, 0.3) is 11.5 Å². The van der Waals surface area contributed by atoms with Crippen molar-refractivity contribution in [1.29, 1.82) is 0 Å². The third kappa shape index (κ3) is 9.87. The second kappa shape index (κ2) is 14.7. The number of nitrogens with two attached hydrogens (primary N) is 1. The fraction of sp³-hybridized carbons (Fsp3) is 0.414. The van der Waals surface area contributed by atoms with Crippen LogP contribution in [0.1, 0.15) is 67.9 Å². The summed E-state index contributed by atoms with van der Waals surface area (Å²) in [5.74, 6) is -3.17. The van der Waals surface area contributed by atoms with Gasteiger partial charge >= 0.3 is 12.7 Å². The molecular formula is C29H33F4N3O7. The highest BCUT2D eigenvalue weighted by Gasteiger charge is 2.33. The Hall–Kier alpha value is -4.33. The molecule has 10 nitrogen and oxygen atoms in total. The maximum Gasteiger partial charge on any atom is 0.405 e. The second-order valence-corrected chi connectivity index (χ2v) is 10.7. The molecule has 14 heteroatoms. The van der Waals surface area contributed by atoms with E-state index >= 15 is 0 Å². The summed E-state index contributed by atoms with van der Waals surface area (Å²) >= 11 is 0. The predicted octanol–water partition coefficient (Wildman–Crippen LogP) is 5.88. The molecule has 43 heavy (non-hydrogen) atoms. The highest BCUT2D eigenvalue weighted by Crippen LogP contribution is 2.38. The quantitative estimate of drug-likeness (QED) is 0.151. The van der Waals surface area contributed by atoms with Crippen molar-refractivity contribution in [3.05, 3.63) is 65.1 Å². The molecule has 1 aromatic heterocycles. The van der Waals surface area contributed by atoms with Gasteiger partial charge in [0.2, 0.25) is 5.89 Å². The highest BCUT2D eigenvalue weighted by molar-refractivity contribution is 5.94. The first kappa shape index (κ1) is 33.2. The van der Waals surface area contributed by atoms with Crippen molar-refractivity contribution in [3.8, 4) is 23.0 Å². The molecule has 234 valence electrons. The van der Waals surface area contributed by atoms with E-state index in [2.05, 4.69) is 15.0 Å². The van der Waals surface area contributed by atoms with Crippen LogP contribution in [-0.4, -0.2) is 41.9 Å². The van der Waals surface area contributed by atoms with Crippen LogP contribution in [0, 0.1) is 17.0 Å². The third-order valence-corrected chi connectivity index (χ3v) is 5.89. The molecule has 0 saturated carbocycles. The van der Waals surface area contributed by atoms with Gasteiger partial charge in [0.25, 0.3) is 5.91 Å². The molecule has 0 bridgehead atoms. The minimum absolute atomic E-state index is 0.00254. The first-order chi connectivity index (χ1) is 20.3. The van der Waals surface area contributed by atoms with Gasteiger partial charge in [-0.15, -0.1) is 0 Å². The Morgan fingerprint density at radius 1 is 1.09 bits per heavy atom. The van der Waals surface area contributed by atoms with Crippen LogP contribution < -0.4 is 20.5 Å². The molecule has 1 unspecified atom stereocenters. The number of primary amides is 1. The van der Waals surface area contributed by atoms with Crippen molar-refractivity contribution in [3.63, 3.8) is 0 Å². The molecular weight excluding hydrogens is 578 g/mol. The van der Waals surface area contributed by atoms with Crippen LogP contribution in [0.15, 0.2) is 40.8 Å². The summed E-state index contributed by atoms with van der Waals surface area (Å²) in [7, 11) is 0. The molecule has 0 radical (unpaired) electrons. The molecule has 1 atom stereocenters. The lowest BCUT2D eigenvalue weighted by Gasteiger charge is -2.24. The largest absolute Gasteiger partial charge is 0.490 e. The van der Waals surface area contributed by atoms with E-state index in [1.807, 2.05) is 20.8 Å². The highest BCUT2D eigenvalue weighted by atomic mass is 19.3. The Kier molecular flexibility index (Phi) is 11.4. The van der Waals surface area contributed by atoms with Gasteiger partial charge in [0.05, 0.1) is 6.61 Å². The molecule has 4 N–H and O–H groups in total. The summed E-state index contributed by atoms with van der Waals surface area (Å²) in [6.45, 7) is 2.07. The average molecular weight is 612 g/mol. The van der Waals surface area contributed by atoms with Crippen molar-refractivity contribution in [2.75, 3.05) is 13.2 Å². The number of aliphatic hydroxyl groups is 1. The summed E-state index contributed by atoms with van der Waals surface area (Å²) in [4.78, 5) is 29.4. The number of amides is 2. The Balaban J connectivity index is 2.04. The lowest BCUT2D eigenvalue weighted by molar-refractivity contribution is -0.0515. The fourth-order valence-corrected chi connectivity index (χ4v) is 3.99. The van der Waals surface area contributed by atoms with Gasteiger partial charge in [0.15, 0.2) is 29.1 Å². The standard InChI is InChI=1S/C29H33F4N3O7/c1-29(2,3)14-22(42-28(34)39)24-23(25(38)35-15-17-6-8-18(30)13-19(17)31)36-26(43-24)16-7-9-20(41-27(32)33)21(12-16)40-11-5-4-10-37/h6-9,12-13,22,27,37H,4-5,10-11,14-15H2,1-3H3,(H2,34,39)(H,35,38). The van der Waals surface area contributed by atoms with Crippen molar-refractivity contribution in [1.82, 2.24) is 10.3 Å². The van der Waals surface area contributed by atoms with Crippen LogP contribution in [0.3, 0.4) is 0 Å². The number of nitrogens with one attached hydrogen (secondary N) is 1. The summed E-state index contributed by atoms with van der Waals surface area (Å²) in [6, 6.07) is 6.74. The number of ether oxygens (including phenoxy) is 3. The van der Waals surface area contributed by atoms with E-state index in [1.54, 1.807) is 0 Å². The number of rotatable bonds is 14. The number of benzene rings is 2. The first-order valence-electron chi connectivity index (χ1n) is 13.3. The minimum Gasteiger partial charge on any atom is -0.490 e. The number of halogens is 4. The number of carbonyl (C=O) groups is 2. The minimum atomic E-state index is -3.13. The van der Waals surface area contributed by atoms with Crippen LogP contribution in [0.4, 0.5) is 22.4 Å². The molecule has 0 spiro atoms. The summed E-state index contributed by atoms with van der Waals surface area (Å²) in [5.41, 5.74) is 4.72. The van der Waals surface area contributed by atoms with Crippen LogP contribution in [-0.2, 0) is 11.3 Å². The zero-order valence-corrected chi connectivity index (χ0v) is 23.8. The SMILES string of the molecule is CC(C)(C)CC(OC(N)=O)c1oc(-c2ccc(OC(F)F)c(OCCCCO)c2)nc1C(=O)NCc1ccc(F)cc1F. The third-order valence-electron chi connectivity index (χ3n) is 5.89. The van der Waals surface area contributed by atoms with Crippen LogP contribution >= 0.6 is 0 Å². The molecule has 0 aliphatic heterocycles. The maximum absolute atomic E-state index is 14.2. The van der Waals surface area contributed by atoms with Crippen molar-refractivity contribution < 1.29 is 50.9 Å². The smallest absolute Gasteiger partial charge is 0.405 e. The van der Waals surface area contributed by atoms with Gasteiger partial charge < -0.3 is 34.8 Å². The second-order valence-electron chi connectivity index (χ2n) is 10.7. The molecule has 2 amide bonds. The molecule has 3 aromatic rings. The van der Waals surface area contributed by atoms with E-state index in [0.29, 0.717) is 18.9 Å². The zero-order valence-electron chi connectivity index (χ0n) is 23.8. The van der Waals surface area contributed by atoms with E-state index in [-0.39, 0.29) is 66.2 Å². The van der Waals surface area contributed by atoms with Crippen LogP contribution in [0.5, 0.6) is 11.5 Å². The molecule has 0 fully saturated rings. The first-order valence-corrected chi connectivity index (χ1v) is 13.3. The van der Waals surface area contributed by atoms with Crippen molar-refractivity contribution in [2.45, 2.75) is 59.3 Å². The lowest BCUT2D eigenvalue weighted by atomic mass is 9.88. The Bertz CT molecular complexity index is 1410. The molecule has 3 rings (SSSR count). The summed E-state index contributed by atoms with van der Waals surface area (Å²) in [6.07, 6.45) is -1.31. The number of alkyl halides is 2. The van der Waals surface area contributed by atoms with E-state index < -0.39 is 41.8 Å². The summed E-state index contributed by atoms with van der Waals surface area (Å²) < 4.78 is 74.8. The number of hydrogen-bond acceptors (Lipinski definition) is 8. The maximum atomic E-state index is 14.2. The number of carbonyl (C=O) groups excluding carboxylic acids is 2. The van der Waals surface area contributed by atoms with Crippen LogP contribution in [0.2, 0.25) is 0 Å². The van der Waals surface area contributed by atoms with Crippen molar-refractivity contribution in [2.24, 2.45) is 11.1 Å². The number of oxazole rings is 1. The average Bonchev–Trinajstić information content (AvgIpc) is 3.35. The number of aromatic nitrogens is 1. The normalized spacial score (nSPS) is 12.2. The predicted molar refractivity (Wildman–Crippen MR) is 145 cm³/mol. The molecule has 0 saturated heterocycles. The Labute approximate surface area is 245 Å².